The Morgan fingerprint density at radius 2 is 1.74 bits per heavy atom. The second-order valence-electron chi connectivity index (χ2n) is 12.8. The lowest BCUT2D eigenvalue weighted by Gasteiger charge is -2.54. The molecule has 0 aromatic carbocycles. The molecule has 0 spiro atoms. The highest BCUT2D eigenvalue weighted by molar-refractivity contribution is 5.42. The van der Waals surface area contributed by atoms with Gasteiger partial charge in [-0.15, -0.1) is 0 Å². The van der Waals surface area contributed by atoms with E-state index < -0.39 is 0 Å². The van der Waals surface area contributed by atoms with Crippen molar-refractivity contribution >= 4 is 0 Å². The van der Waals surface area contributed by atoms with Crippen LogP contribution in [0.4, 0.5) is 0 Å². The number of allylic oxidation sites excluding steroid dienone is 3. The van der Waals surface area contributed by atoms with Crippen LogP contribution >= 0.6 is 0 Å². The Hall–Kier alpha value is -0.680. The highest BCUT2D eigenvalue weighted by Crippen LogP contribution is 2.68. The van der Waals surface area contributed by atoms with E-state index in [1.807, 2.05) is 0 Å². The molecule has 6 aliphatic rings. The van der Waals surface area contributed by atoms with Gasteiger partial charge in [0.2, 0.25) is 0 Å². The van der Waals surface area contributed by atoms with Gasteiger partial charge in [-0.05, 0) is 55.3 Å². The molecular weight excluding hydrogens is 388 g/mol. The van der Waals surface area contributed by atoms with Crippen molar-refractivity contribution in [2.45, 2.75) is 91.3 Å². The number of aliphatic hydroxyl groups is 1. The summed E-state index contributed by atoms with van der Waals surface area (Å²) in [6, 6.07) is 0. The Balaban J connectivity index is 1.26. The van der Waals surface area contributed by atoms with Gasteiger partial charge in [0.1, 0.15) is 6.10 Å². The van der Waals surface area contributed by atoms with Gasteiger partial charge in [-0.1, -0.05) is 57.9 Å². The first-order chi connectivity index (χ1) is 14.6. The summed E-state index contributed by atoms with van der Waals surface area (Å²) in [5.74, 6) is 2.29. The van der Waals surface area contributed by atoms with Crippen LogP contribution < -0.4 is 0 Å². The Bertz CT molecular complexity index is 819. The fourth-order valence-electron chi connectivity index (χ4n) is 8.49. The maximum absolute atomic E-state index is 10.4. The molecular formula is C27H40O4. The number of rotatable bonds is 2. The van der Waals surface area contributed by atoms with E-state index in [9.17, 15) is 5.11 Å². The minimum Gasteiger partial charge on any atom is -0.390 e. The monoisotopic (exact) mass is 428 g/mol. The average molecular weight is 429 g/mol. The van der Waals surface area contributed by atoms with E-state index in [0.29, 0.717) is 29.1 Å². The Kier molecular flexibility index (Phi) is 4.50. The number of fused-ring (bicyclic) bond motifs is 7. The van der Waals surface area contributed by atoms with E-state index in [0.717, 1.165) is 19.6 Å². The molecule has 4 heteroatoms. The second kappa shape index (κ2) is 6.68. The molecule has 0 aromatic rings. The van der Waals surface area contributed by atoms with Gasteiger partial charge in [-0.25, -0.2) is 0 Å². The molecule has 1 N–H and O–H groups in total. The Labute approximate surface area is 187 Å². The lowest BCUT2D eigenvalue weighted by atomic mass is 9.50. The zero-order valence-corrected chi connectivity index (χ0v) is 19.9. The van der Waals surface area contributed by atoms with Crippen molar-refractivity contribution in [1.29, 1.82) is 0 Å². The molecule has 2 heterocycles. The topological polar surface area (TPSA) is 51.2 Å². The smallest absolute Gasteiger partial charge is 0.160 e. The molecule has 4 unspecified atom stereocenters. The summed E-state index contributed by atoms with van der Waals surface area (Å²) in [7, 11) is 0. The van der Waals surface area contributed by atoms with Crippen LogP contribution in [0.15, 0.2) is 23.3 Å². The van der Waals surface area contributed by atoms with Gasteiger partial charge in [0, 0.05) is 16.7 Å². The van der Waals surface area contributed by atoms with Crippen molar-refractivity contribution in [2.75, 3.05) is 13.2 Å². The molecule has 0 radical (unpaired) electrons. The molecule has 4 nitrogen and oxygen atoms in total. The summed E-state index contributed by atoms with van der Waals surface area (Å²) in [6.07, 6.45) is 10.5. The lowest BCUT2D eigenvalue weighted by molar-refractivity contribution is -0.252. The van der Waals surface area contributed by atoms with Gasteiger partial charge in [0.15, 0.2) is 6.29 Å². The van der Waals surface area contributed by atoms with E-state index in [1.165, 1.54) is 31.3 Å². The van der Waals surface area contributed by atoms with Crippen molar-refractivity contribution in [3.63, 3.8) is 0 Å². The third-order valence-corrected chi connectivity index (χ3v) is 10.3. The van der Waals surface area contributed by atoms with Crippen LogP contribution in [-0.4, -0.2) is 42.9 Å². The molecule has 5 fully saturated rings. The molecule has 0 bridgehead atoms. The molecule has 0 amide bonds. The summed E-state index contributed by atoms with van der Waals surface area (Å²) >= 11 is 0. The van der Waals surface area contributed by atoms with Crippen LogP contribution in [0, 0.1) is 39.9 Å². The molecule has 172 valence electrons. The van der Waals surface area contributed by atoms with Crippen LogP contribution in [-0.2, 0) is 14.2 Å². The predicted octanol–water partition coefficient (Wildman–Crippen LogP) is 4.87. The van der Waals surface area contributed by atoms with E-state index >= 15 is 0 Å². The van der Waals surface area contributed by atoms with E-state index in [2.05, 4.69) is 46.8 Å². The fraction of sp³-hybridized carbons (Fsp3) is 0.852. The van der Waals surface area contributed by atoms with Crippen molar-refractivity contribution in [1.82, 2.24) is 0 Å². The summed E-state index contributed by atoms with van der Waals surface area (Å²) in [5.41, 5.74) is 3.62. The zero-order chi connectivity index (χ0) is 21.8. The summed E-state index contributed by atoms with van der Waals surface area (Å²) < 4.78 is 18.5. The predicted molar refractivity (Wildman–Crippen MR) is 119 cm³/mol. The molecule has 31 heavy (non-hydrogen) atoms. The van der Waals surface area contributed by atoms with E-state index in [-0.39, 0.29) is 35.4 Å². The summed E-state index contributed by atoms with van der Waals surface area (Å²) in [4.78, 5) is 0. The highest BCUT2D eigenvalue weighted by Gasteiger charge is 2.66. The maximum atomic E-state index is 10.4. The molecule has 6 rings (SSSR count). The van der Waals surface area contributed by atoms with Crippen LogP contribution in [0.2, 0.25) is 0 Å². The summed E-state index contributed by atoms with van der Waals surface area (Å²) in [5, 5.41) is 10.4. The van der Waals surface area contributed by atoms with Gasteiger partial charge in [-0.2, -0.15) is 0 Å². The van der Waals surface area contributed by atoms with E-state index in [1.54, 1.807) is 5.57 Å². The normalized spacial score (nSPS) is 51.5. The van der Waals surface area contributed by atoms with Crippen molar-refractivity contribution in [3.05, 3.63) is 23.3 Å². The Morgan fingerprint density at radius 3 is 2.48 bits per heavy atom. The first kappa shape index (κ1) is 20.9. The first-order valence-electron chi connectivity index (χ1n) is 12.6. The summed E-state index contributed by atoms with van der Waals surface area (Å²) in [6.45, 7) is 13.4. The van der Waals surface area contributed by atoms with Gasteiger partial charge in [-0.3, -0.25) is 0 Å². The van der Waals surface area contributed by atoms with Crippen molar-refractivity contribution in [3.8, 4) is 0 Å². The number of ether oxygens (including phenoxy) is 3. The largest absolute Gasteiger partial charge is 0.390 e. The molecule has 2 aliphatic heterocycles. The standard InChI is InChI=1S/C27H40O4/c1-15(24-29-13-25(2,3)14-30-24)18-8-9-19-17-7-6-16-12-21(28)22-23(31-22)27(16,5)20(17)10-11-26(18,19)4/h6-7,15,18-24,28H,8-14H2,1-5H3/t15?,18-,19+,20+,21?,22?,23?,26-,27+/m1/s1. The minimum atomic E-state index is -0.315. The van der Waals surface area contributed by atoms with Crippen LogP contribution in [0.25, 0.3) is 0 Å². The molecule has 4 aliphatic carbocycles. The number of hydrogen-bond donors (Lipinski definition) is 1. The van der Waals surface area contributed by atoms with Gasteiger partial charge in [0.05, 0.1) is 25.4 Å². The van der Waals surface area contributed by atoms with Crippen LogP contribution in [0.5, 0.6) is 0 Å². The molecule has 2 saturated heterocycles. The SMILES string of the molecule is CC(C1OCC(C)(C)CO1)[C@H]1CC[C@H]2C3=CC=C4CC(O)C5OC5[C@]4(C)[C@H]3CC[C@]12C. The zero-order valence-electron chi connectivity index (χ0n) is 19.9. The van der Waals surface area contributed by atoms with Crippen LogP contribution in [0.3, 0.4) is 0 Å². The van der Waals surface area contributed by atoms with Gasteiger partial charge in [0.25, 0.3) is 0 Å². The third kappa shape index (κ3) is 2.87. The van der Waals surface area contributed by atoms with Gasteiger partial charge >= 0.3 is 0 Å². The molecule has 9 atom stereocenters. The second-order valence-corrected chi connectivity index (χ2v) is 12.8. The Morgan fingerprint density at radius 1 is 1.00 bits per heavy atom. The maximum Gasteiger partial charge on any atom is 0.160 e. The number of epoxide rings is 1. The fourth-order valence-corrected chi connectivity index (χ4v) is 8.49. The number of aliphatic hydroxyl groups excluding tert-OH is 1. The first-order valence-corrected chi connectivity index (χ1v) is 12.6. The van der Waals surface area contributed by atoms with E-state index in [4.69, 9.17) is 14.2 Å². The highest BCUT2D eigenvalue weighted by atomic mass is 16.7. The lowest BCUT2D eigenvalue weighted by Crippen LogP contribution is -2.50. The van der Waals surface area contributed by atoms with Crippen LogP contribution in [0.1, 0.15) is 66.7 Å². The molecule has 0 aromatic heterocycles. The average Bonchev–Trinajstić information content (AvgIpc) is 3.46. The quantitative estimate of drug-likeness (QED) is 0.638. The number of hydrogen-bond acceptors (Lipinski definition) is 4. The van der Waals surface area contributed by atoms with Crippen molar-refractivity contribution in [2.24, 2.45) is 39.9 Å². The minimum absolute atomic E-state index is 0.0591. The van der Waals surface area contributed by atoms with Gasteiger partial charge < -0.3 is 19.3 Å². The molecule has 3 saturated carbocycles. The van der Waals surface area contributed by atoms with Crippen molar-refractivity contribution < 1.29 is 19.3 Å². The third-order valence-electron chi connectivity index (χ3n) is 10.3.